The lowest BCUT2D eigenvalue weighted by Gasteiger charge is -2.11. The minimum Gasteiger partial charge on any atom is -0.301 e. The molecule has 16 heavy (non-hydrogen) atoms. The Morgan fingerprint density at radius 2 is 1.81 bits per heavy atom. The molecule has 0 saturated heterocycles. The average molecular weight is 283 g/mol. The van der Waals surface area contributed by atoms with E-state index >= 15 is 0 Å². The molecule has 0 radical (unpaired) electrons. The molecular weight excluding hydrogens is 268 g/mol. The summed E-state index contributed by atoms with van der Waals surface area (Å²) >= 11 is 17.9. The van der Waals surface area contributed by atoms with E-state index in [-0.39, 0.29) is 0 Å². The predicted octanol–water partition coefficient (Wildman–Crippen LogP) is 4.32. The number of hydroxylamine groups is 1. The lowest BCUT2D eigenvalue weighted by atomic mass is 10.2. The van der Waals surface area contributed by atoms with Crippen molar-refractivity contribution in [1.29, 1.82) is 0 Å². The molecule has 0 unspecified atom stereocenters. The molecule has 1 aromatic carbocycles. The molecule has 1 N–H and O–H groups in total. The van der Waals surface area contributed by atoms with Crippen LogP contribution < -0.4 is 5.48 Å². The van der Waals surface area contributed by atoms with Gasteiger partial charge in [-0.05, 0) is 18.1 Å². The minimum atomic E-state index is 0.435. The Hall–Kier alpha value is 0.01000. The van der Waals surface area contributed by atoms with Gasteiger partial charge in [-0.2, -0.15) is 5.48 Å². The summed E-state index contributed by atoms with van der Waals surface area (Å²) in [5, 5.41) is 1.54. The number of hydrogen-bond donors (Lipinski definition) is 1. The highest BCUT2D eigenvalue weighted by molar-refractivity contribution is 6.44. The van der Waals surface area contributed by atoms with Crippen LogP contribution in [0.3, 0.4) is 0 Å². The van der Waals surface area contributed by atoms with Gasteiger partial charge < -0.3 is 4.84 Å². The zero-order chi connectivity index (χ0) is 12.1. The summed E-state index contributed by atoms with van der Waals surface area (Å²) in [6.07, 6.45) is 0. The van der Waals surface area contributed by atoms with E-state index in [4.69, 9.17) is 39.6 Å². The average Bonchev–Trinajstić information content (AvgIpc) is 2.22. The highest BCUT2D eigenvalue weighted by Crippen LogP contribution is 2.31. The zero-order valence-corrected chi connectivity index (χ0v) is 11.5. The summed E-state index contributed by atoms with van der Waals surface area (Å²) in [7, 11) is 0. The van der Waals surface area contributed by atoms with Gasteiger partial charge in [0.15, 0.2) is 0 Å². The first-order chi connectivity index (χ1) is 7.52. The third kappa shape index (κ3) is 4.11. The fourth-order valence-corrected chi connectivity index (χ4v) is 1.76. The Labute approximate surface area is 111 Å². The van der Waals surface area contributed by atoms with Crippen LogP contribution in [0.2, 0.25) is 15.1 Å². The Bertz CT molecular complexity index is 355. The van der Waals surface area contributed by atoms with Crippen LogP contribution in [-0.4, -0.2) is 6.61 Å². The molecule has 0 aliphatic heterocycles. The van der Waals surface area contributed by atoms with Gasteiger partial charge >= 0.3 is 0 Å². The Morgan fingerprint density at radius 1 is 1.19 bits per heavy atom. The second kappa shape index (κ2) is 6.67. The van der Waals surface area contributed by atoms with Crippen LogP contribution in [-0.2, 0) is 11.4 Å². The molecule has 5 heteroatoms. The fraction of sp³-hybridized carbons (Fsp3) is 0.455. The van der Waals surface area contributed by atoms with E-state index in [9.17, 15) is 0 Å². The van der Waals surface area contributed by atoms with E-state index in [1.165, 1.54) is 0 Å². The second-order valence-electron chi connectivity index (χ2n) is 3.85. The highest BCUT2D eigenvalue weighted by Gasteiger charge is 2.09. The summed E-state index contributed by atoms with van der Waals surface area (Å²) < 4.78 is 0. The Kier molecular flexibility index (Phi) is 5.87. The van der Waals surface area contributed by atoms with Crippen molar-refractivity contribution >= 4 is 34.8 Å². The standard InChI is InChI=1S/C11H14Cl3NO/c1-7(2)6-16-15-5-8-9(12)3-4-10(13)11(8)14/h3-4,7,15H,5-6H2,1-2H3. The van der Waals surface area contributed by atoms with E-state index < -0.39 is 0 Å². The zero-order valence-electron chi connectivity index (χ0n) is 9.19. The van der Waals surface area contributed by atoms with Crippen LogP contribution in [0.1, 0.15) is 19.4 Å². The summed E-state index contributed by atoms with van der Waals surface area (Å²) in [4.78, 5) is 5.24. The Morgan fingerprint density at radius 3 is 2.44 bits per heavy atom. The summed E-state index contributed by atoms with van der Waals surface area (Å²) in [6.45, 7) is 5.21. The largest absolute Gasteiger partial charge is 0.301 e. The van der Waals surface area contributed by atoms with Gasteiger partial charge in [-0.25, -0.2) is 0 Å². The molecule has 0 atom stereocenters. The molecule has 0 amide bonds. The van der Waals surface area contributed by atoms with Gasteiger partial charge in [0.05, 0.1) is 16.7 Å². The van der Waals surface area contributed by atoms with Crippen molar-refractivity contribution in [3.8, 4) is 0 Å². The molecule has 0 aromatic heterocycles. The maximum Gasteiger partial charge on any atom is 0.0705 e. The minimum absolute atomic E-state index is 0.435. The molecule has 0 saturated carbocycles. The topological polar surface area (TPSA) is 21.3 Å². The molecule has 2 nitrogen and oxygen atoms in total. The van der Waals surface area contributed by atoms with Crippen LogP contribution in [0, 0.1) is 5.92 Å². The van der Waals surface area contributed by atoms with Gasteiger partial charge in [0.25, 0.3) is 0 Å². The monoisotopic (exact) mass is 281 g/mol. The first-order valence-electron chi connectivity index (χ1n) is 4.99. The lowest BCUT2D eigenvalue weighted by molar-refractivity contribution is 0.0197. The first-order valence-corrected chi connectivity index (χ1v) is 6.12. The van der Waals surface area contributed by atoms with Crippen molar-refractivity contribution in [3.63, 3.8) is 0 Å². The fourth-order valence-electron chi connectivity index (χ4n) is 1.08. The number of nitrogens with one attached hydrogen (secondary N) is 1. The molecule has 0 fully saturated rings. The molecule has 1 rings (SSSR count). The second-order valence-corrected chi connectivity index (χ2v) is 5.04. The first kappa shape index (κ1) is 14.1. The quantitative estimate of drug-likeness (QED) is 0.493. The molecule has 0 spiro atoms. The third-order valence-corrected chi connectivity index (χ3v) is 3.10. The highest BCUT2D eigenvalue weighted by atomic mass is 35.5. The number of halogens is 3. The number of benzene rings is 1. The predicted molar refractivity (Wildman–Crippen MR) is 69.1 cm³/mol. The van der Waals surface area contributed by atoms with Gasteiger partial charge in [-0.1, -0.05) is 48.7 Å². The van der Waals surface area contributed by atoms with E-state index in [2.05, 4.69) is 19.3 Å². The van der Waals surface area contributed by atoms with Gasteiger partial charge in [0, 0.05) is 17.1 Å². The molecule has 1 aromatic rings. The maximum absolute atomic E-state index is 6.03. The lowest BCUT2D eigenvalue weighted by Crippen LogP contribution is -2.17. The van der Waals surface area contributed by atoms with Crippen molar-refractivity contribution in [1.82, 2.24) is 5.48 Å². The molecule has 0 aliphatic rings. The van der Waals surface area contributed by atoms with Gasteiger partial charge in [-0.3, -0.25) is 0 Å². The van der Waals surface area contributed by atoms with Crippen molar-refractivity contribution in [2.75, 3.05) is 6.61 Å². The van der Waals surface area contributed by atoms with E-state index in [1.807, 2.05) is 0 Å². The Balaban J connectivity index is 2.56. The molecule has 90 valence electrons. The summed E-state index contributed by atoms with van der Waals surface area (Å²) in [5.41, 5.74) is 3.56. The van der Waals surface area contributed by atoms with Crippen molar-refractivity contribution in [2.45, 2.75) is 20.4 Å². The van der Waals surface area contributed by atoms with Crippen LogP contribution in [0.25, 0.3) is 0 Å². The van der Waals surface area contributed by atoms with Crippen LogP contribution in [0.5, 0.6) is 0 Å². The van der Waals surface area contributed by atoms with E-state index in [1.54, 1.807) is 12.1 Å². The van der Waals surface area contributed by atoms with Crippen LogP contribution in [0.15, 0.2) is 12.1 Å². The summed E-state index contributed by atoms with van der Waals surface area (Å²) in [6, 6.07) is 3.39. The maximum atomic E-state index is 6.03. The molecule has 0 bridgehead atoms. The molecular formula is C11H14Cl3NO. The molecule has 0 heterocycles. The van der Waals surface area contributed by atoms with E-state index in [0.717, 1.165) is 5.56 Å². The number of hydrogen-bond acceptors (Lipinski definition) is 2. The van der Waals surface area contributed by atoms with Crippen LogP contribution in [0.4, 0.5) is 0 Å². The normalized spacial score (nSPS) is 11.1. The van der Waals surface area contributed by atoms with Gasteiger partial charge in [0.2, 0.25) is 0 Å². The van der Waals surface area contributed by atoms with Gasteiger partial charge in [0.1, 0.15) is 0 Å². The van der Waals surface area contributed by atoms with Crippen molar-refractivity contribution in [2.24, 2.45) is 5.92 Å². The summed E-state index contributed by atoms with van der Waals surface area (Å²) in [5.74, 6) is 0.470. The van der Waals surface area contributed by atoms with Crippen molar-refractivity contribution in [3.05, 3.63) is 32.8 Å². The smallest absolute Gasteiger partial charge is 0.0705 e. The van der Waals surface area contributed by atoms with E-state index in [0.29, 0.717) is 34.1 Å². The number of rotatable bonds is 5. The van der Waals surface area contributed by atoms with Crippen LogP contribution >= 0.6 is 34.8 Å². The van der Waals surface area contributed by atoms with Gasteiger partial charge in [-0.15, -0.1) is 0 Å². The SMILES string of the molecule is CC(C)CONCc1c(Cl)ccc(Cl)c1Cl. The third-order valence-electron chi connectivity index (χ3n) is 1.91. The molecule has 0 aliphatic carbocycles. The van der Waals surface area contributed by atoms with Crippen molar-refractivity contribution < 1.29 is 4.84 Å².